The molecule has 4 aromatic rings. The molecule has 0 saturated heterocycles. The molecule has 1 heterocycles. The summed E-state index contributed by atoms with van der Waals surface area (Å²) in [5.41, 5.74) is 1.89. The number of fused-ring (bicyclic) bond motifs is 1. The standard InChI is InChI=1S/C40H38O11/c1-18(2)4-6-23-28(43)10-9-25(38(23)48)40(50)35-26(22-7-5-20(41)14-30(22)45)12-19(3)13-27(35)36-29(44)11-8-24(39(36)49)33-17-32(47)37-31(46)15-21(42)16-34(37)51-33/h4-5,7-11,13-16,26-27,33,35,41-46,48-49H,6,12,17H2,1-3H3/t26-,27-,33-,35-/m1/s1. The third-order valence-electron chi connectivity index (χ3n) is 9.67. The Morgan fingerprint density at radius 1 is 0.784 bits per heavy atom. The minimum Gasteiger partial charge on any atom is -0.508 e. The molecule has 11 nitrogen and oxygen atoms in total. The van der Waals surface area contributed by atoms with Gasteiger partial charge in [-0.25, -0.2) is 0 Å². The molecule has 51 heavy (non-hydrogen) atoms. The van der Waals surface area contributed by atoms with Crippen molar-refractivity contribution >= 4 is 11.6 Å². The number of carbonyl (C=O) groups is 2. The van der Waals surface area contributed by atoms with E-state index in [0.29, 0.717) is 5.56 Å². The van der Waals surface area contributed by atoms with Crippen molar-refractivity contribution in [1.29, 1.82) is 0 Å². The van der Waals surface area contributed by atoms with Crippen molar-refractivity contribution in [3.05, 3.63) is 111 Å². The van der Waals surface area contributed by atoms with Gasteiger partial charge in [0.25, 0.3) is 0 Å². The summed E-state index contributed by atoms with van der Waals surface area (Å²) in [4.78, 5) is 28.0. The first-order chi connectivity index (χ1) is 24.2. The van der Waals surface area contributed by atoms with Crippen LogP contribution in [0.15, 0.2) is 77.9 Å². The van der Waals surface area contributed by atoms with E-state index in [1.54, 1.807) is 19.1 Å². The quantitative estimate of drug-likeness (QED) is 0.0714. The molecule has 6 rings (SSSR count). The average Bonchev–Trinajstić information content (AvgIpc) is 3.03. The van der Waals surface area contributed by atoms with Gasteiger partial charge < -0.3 is 45.6 Å². The average molecular weight is 695 g/mol. The number of phenolic OH excluding ortho intramolecular Hbond substituents is 8. The Morgan fingerprint density at radius 2 is 1.47 bits per heavy atom. The zero-order valence-electron chi connectivity index (χ0n) is 28.1. The Morgan fingerprint density at radius 3 is 2.18 bits per heavy atom. The minimum absolute atomic E-state index is 0.0724. The molecule has 0 unspecified atom stereocenters. The highest BCUT2D eigenvalue weighted by atomic mass is 16.5. The predicted octanol–water partition coefficient (Wildman–Crippen LogP) is 7.26. The topological polar surface area (TPSA) is 205 Å². The molecule has 2 aliphatic rings. The van der Waals surface area contributed by atoms with Crippen LogP contribution in [0.3, 0.4) is 0 Å². The summed E-state index contributed by atoms with van der Waals surface area (Å²) < 4.78 is 5.99. The van der Waals surface area contributed by atoms with Crippen LogP contribution >= 0.6 is 0 Å². The van der Waals surface area contributed by atoms with Gasteiger partial charge in [-0.3, -0.25) is 9.59 Å². The van der Waals surface area contributed by atoms with Crippen LogP contribution in [0.1, 0.15) is 94.5 Å². The summed E-state index contributed by atoms with van der Waals surface area (Å²) in [5, 5.41) is 86.7. The lowest BCUT2D eigenvalue weighted by molar-refractivity contribution is 0.0841. The summed E-state index contributed by atoms with van der Waals surface area (Å²) in [6, 6.07) is 11.5. The van der Waals surface area contributed by atoms with Crippen molar-refractivity contribution in [3.63, 3.8) is 0 Å². The van der Waals surface area contributed by atoms with Crippen LogP contribution < -0.4 is 4.74 Å². The van der Waals surface area contributed by atoms with Crippen LogP contribution in [0, 0.1) is 5.92 Å². The maximum atomic E-state index is 14.8. The lowest BCUT2D eigenvalue weighted by Crippen LogP contribution is -2.32. The van der Waals surface area contributed by atoms with Gasteiger partial charge in [-0.15, -0.1) is 0 Å². The second-order valence-electron chi connectivity index (χ2n) is 13.4. The molecule has 4 atom stereocenters. The number of allylic oxidation sites excluding steroid dienone is 4. The SMILES string of the molecule is CC(C)=CCc1c(O)ccc(C(=O)[C@@H]2[C@@H](c3ccc(O)cc3O)CC(C)=C[C@H]2c2c(O)ccc([C@H]3CC(=O)c4c(O)cc(O)cc4O3)c2O)c1O. The van der Waals surface area contributed by atoms with E-state index in [-0.39, 0.29) is 81.6 Å². The monoisotopic (exact) mass is 694 g/mol. The molecule has 1 aliphatic heterocycles. The number of hydrogen-bond acceptors (Lipinski definition) is 11. The largest absolute Gasteiger partial charge is 0.508 e. The predicted molar refractivity (Wildman–Crippen MR) is 186 cm³/mol. The van der Waals surface area contributed by atoms with Crippen molar-refractivity contribution in [2.45, 2.75) is 58.0 Å². The number of Topliss-reactive ketones (excluding diaryl/α,β-unsaturated/α-hetero) is 2. The molecular formula is C40H38O11. The van der Waals surface area contributed by atoms with Crippen molar-refractivity contribution < 1.29 is 55.2 Å². The normalized spacial score (nSPS) is 19.8. The summed E-state index contributed by atoms with van der Waals surface area (Å²) in [6.07, 6.45) is 2.49. The number of ketones is 2. The smallest absolute Gasteiger partial charge is 0.174 e. The zero-order valence-corrected chi connectivity index (χ0v) is 28.1. The summed E-state index contributed by atoms with van der Waals surface area (Å²) in [7, 11) is 0. The summed E-state index contributed by atoms with van der Waals surface area (Å²) in [6.45, 7) is 5.50. The van der Waals surface area contributed by atoms with Crippen molar-refractivity contribution in [2.24, 2.45) is 5.92 Å². The Hall–Kier alpha value is -6.10. The van der Waals surface area contributed by atoms with Crippen molar-refractivity contribution in [3.8, 4) is 51.7 Å². The first-order valence-corrected chi connectivity index (χ1v) is 16.4. The van der Waals surface area contributed by atoms with Crippen LogP contribution in [0.4, 0.5) is 0 Å². The highest BCUT2D eigenvalue weighted by Gasteiger charge is 2.44. The third kappa shape index (κ3) is 6.38. The molecular weight excluding hydrogens is 656 g/mol. The maximum Gasteiger partial charge on any atom is 0.174 e. The lowest BCUT2D eigenvalue weighted by atomic mass is 9.65. The molecule has 11 heteroatoms. The lowest BCUT2D eigenvalue weighted by Gasteiger charge is -2.38. The number of benzene rings is 4. The number of aromatic hydroxyl groups is 8. The van der Waals surface area contributed by atoms with E-state index in [1.807, 2.05) is 13.8 Å². The highest BCUT2D eigenvalue weighted by molar-refractivity contribution is 6.03. The molecule has 8 N–H and O–H groups in total. The Balaban J connectivity index is 1.52. The molecule has 1 aliphatic carbocycles. The van der Waals surface area contributed by atoms with Gasteiger partial charge in [-0.1, -0.05) is 29.4 Å². The van der Waals surface area contributed by atoms with Crippen LogP contribution in [0.25, 0.3) is 0 Å². The fraction of sp³-hybridized carbons (Fsp3) is 0.250. The minimum atomic E-state index is -1.17. The van der Waals surface area contributed by atoms with Gasteiger partial charge in [-0.05, 0) is 69.5 Å². The van der Waals surface area contributed by atoms with E-state index in [1.165, 1.54) is 42.5 Å². The van der Waals surface area contributed by atoms with Gasteiger partial charge in [0.15, 0.2) is 11.6 Å². The zero-order chi connectivity index (χ0) is 36.9. The van der Waals surface area contributed by atoms with Gasteiger partial charge in [-0.2, -0.15) is 0 Å². The van der Waals surface area contributed by atoms with E-state index >= 15 is 0 Å². The molecule has 264 valence electrons. The summed E-state index contributed by atoms with van der Waals surface area (Å²) >= 11 is 0. The van der Waals surface area contributed by atoms with Gasteiger partial charge >= 0.3 is 0 Å². The molecule has 0 bridgehead atoms. The molecule has 0 amide bonds. The molecule has 0 radical (unpaired) electrons. The molecule has 0 saturated carbocycles. The fourth-order valence-electron chi connectivity index (χ4n) is 7.27. The van der Waals surface area contributed by atoms with Crippen LogP contribution in [0.2, 0.25) is 0 Å². The van der Waals surface area contributed by atoms with Crippen LogP contribution in [-0.4, -0.2) is 52.4 Å². The van der Waals surface area contributed by atoms with E-state index < -0.39 is 52.7 Å². The Kier molecular flexibility index (Phi) is 9.07. The highest BCUT2D eigenvalue weighted by Crippen LogP contribution is 2.54. The van der Waals surface area contributed by atoms with Gasteiger partial charge in [0.05, 0.1) is 12.0 Å². The molecule has 0 spiro atoms. The van der Waals surface area contributed by atoms with Gasteiger partial charge in [0.2, 0.25) is 0 Å². The van der Waals surface area contributed by atoms with Crippen molar-refractivity contribution in [2.75, 3.05) is 0 Å². The second kappa shape index (κ2) is 13.3. The van der Waals surface area contributed by atoms with Gasteiger partial charge in [0, 0.05) is 52.6 Å². The number of hydrogen-bond donors (Lipinski definition) is 8. The Labute approximate surface area is 293 Å². The van der Waals surface area contributed by atoms with E-state index in [2.05, 4.69) is 0 Å². The summed E-state index contributed by atoms with van der Waals surface area (Å²) in [5.74, 6) is -7.04. The van der Waals surface area contributed by atoms with Crippen LogP contribution in [0.5, 0.6) is 51.7 Å². The first-order valence-electron chi connectivity index (χ1n) is 16.4. The molecule has 0 fully saturated rings. The number of carbonyl (C=O) groups excluding carboxylic acids is 2. The van der Waals surface area contributed by atoms with Crippen LogP contribution in [-0.2, 0) is 6.42 Å². The number of ether oxygens (including phenoxy) is 1. The number of phenols is 8. The van der Waals surface area contributed by atoms with Gasteiger partial charge in [0.1, 0.15) is 63.4 Å². The van der Waals surface area contributed by atoms with E-state index in [0.717, 1.165) is 23.3 Å². The molecule has 0 aromatic heterocycles. The Bertz CT molecular complexity index is 2140. The fourth-order valence-corrected chi connectivity index (χ4v) is 7.27. The maximum absolute atomic E-state index is 14.8. The first kappa shape index (κ1) is 34.8. The second-order valence-corrected chi connectivity index (χ2v) is 13.4. The van der Waals surface area contributed by atoms with E-state index in [9.17, 15) is 50.4 Å². The third-order valence-corrected chi connectivity index (χ3v) is 9.67. The van der Waals surface area contributed by atoms with E-state index in [4.69, 9.17) is 4.74 Å². The molecule has 4 aromatic carbocycles. The number of rotatable bonds is 7. The van der Waals surface area contributed by atoms with Crippen molar-refractivity contribution in [1.82, 2.24) is 0 Å².